The molecule has 1 atom stereocenters. The minimum absolute atomic E-state index is 0.128. The number of carbonyl (C=O) groups is 1. The van der Waals surface area contributed by atoms with E-state index in [9.17, 15) is 4.79 Å². The van der Waals surface area contributed by atoms with Gasteiger partial charge in [0.2, 0.25) is 0 Å². The Morgan fingerprint density at radius 1 is 1.13 bits per heavy atom. The van der Waals surface area contributed by atoms with E-state index in [0.717, 1.165) is 5.56 Å². The van der Waals surface area contributed by atoms with Crippen molar-refractivity contribution in [3.05, 3.63) is 76.2 Å². The Hall–Kier alpha value is -2.90. The van der Waals surface area contributed by atoms with E-state index in [0.29, 0.717) is 36.8 Å². The topological polar surface area (TPSA) is 63.7 Å². The fourth-order valence-corrected chi connectivity index (χ4v) is 3.91. The Morgan fingerprint density at radius 3 is 2.60 bits per heavy atom. The Labute approximate surface area is 181 Å². The molecule has 1 N–H and O–H groups in total. The van der Waals surface area contributed by atoms with Crippen molar-refractivity contribution in [3.8, 4) is 11.5 Å². The maximum Gasteiger partial charge on any atom is 0.251 e. The Bertz CT molecular complexity index is 930. The highest BCUT2D eigenvalue weighted by molar-refractivity contribution is 7.10. The predicted molar refractivity (Wildman–Crippen MR) is 119 cm³/mol. The average molecular weight is 426 g/mol. The SMILES string of the molecule is CCOc1cc(C(=O)NCC(c2cccs2)N(C)C)ccc1OCc1ccncc1. The summed E-state index contributed by atoms with van der Waals surface area (Å²) in [5, 5.41) is 5.09. The second-order valence-electron chi connectivity index (χ2n) is 6.94. The van der Waals surface area contributed by atoms with Crippen molar-refractivity contribution < 1.29 is 14.3 Å². The van der Waals surface area contributed by atoms with Crippen LogP contribution in [0.5, 0.6) is 11.5 Å². The van der Waals surface area contributed by atoms with E-state index in [1.54, 1.807) is 41.9 Å². The lowest BCUT2D eigenvalue weighted by atomic mass is 10.1. The number of ether oxygens (including phenoxy) is 2. The molecule has 30 heavy (non-hydrogen) atoms. The molecule has 1 amide bonds. The van der Waals surface area contributed by atoms with Crippen LogP contribution in [0.25, 0.3) is 0 Å². The minimum atomic E-state index is -0.139. The van der Waals surface area contributed by atoms with Crippen molar-refractivity contribution in [2.24, 2.45) is 0 Å². The molecule has 1 aromatic carbocycles. The highest BCUT2D eigenvalue weighted by Gasteiger charge is 2.18. The molecule has 0 radical (unpaired) electrons. The van der Waals surface area contributed by atoms with Crippen LogP contribution in [0.3, 0.4) is 0 Å². The normalized spacial score (nSPS) is 11.9. The largest absolute Gasteiger partial charge is 0.490 e. The lowest BCUT2D eigenvalue weighted by Gasteiger charge is -2.23. The van der Waals surface area contributed by atoms with Gasteiger partial charge in [-0.15, -0.1) is 11.3 Å². The van der Waals surface area contributed by atoms with Crippen LogP contribution in [0.15, 0.2) is 60.2 Å². The van der Waals surface area contributed by atoms with E-state index < -0.39 is 0 Å². The van der Waals surface area contributed by atoms with Crippen molar-refractivity contribution in [1.29, 1.82) is 0 Å². The summed E-state index contributed by atoms with van der Waals surface area (Å²) in [6.45, 7) is 3.32. The standard InChI is InChI=1S/C23H27N3O3S/c1-4-28-21-14-18(7-8-20(21)29-16-17-9-11-24-12-10-17)23(27)25-15-19(26(2)3)22-6-5-13-30-22/h5-14,19H,4,15-16H2,1-3H3,(H,25,27). The molecule has 6 nitrogen and oxygen atoms in total. The summed E-state index contributed by atoms with van der Waals surface area (Å²) in [5.74, 6) is 1.02. The van der Waals surface area contributed by atoms with E-state index >= 15 is 0 Å². The van der Waals surface area contributed by atoms with Gasteiger partial charge in [0, 0.05) is 29.4 Å². The van der Waals surface area contributed by atoms with Crippen LogP contribution in [-0.2, 0) is 6.61 Å². The fourth-order valence-electron chi connectivity index (χ4n) is 2.99. The van der Waals surface area contributed by atoms with E-state index in [2.05, 4.69) is 21.3 Å². The summed E-state index contributed by atoms with van der Waals surface area (Å²) in [4.78, 5) is 20.1. The maximum atomic E-state index is 12.8. The molecule has 2 heterocycles. The molecule has 0 aliphatic heterocycles. The molecule has 0 bridgehead atoms. The van der Waals surface area contributed by atoms with Crippen LogP contribution in [0.4, 0.5) is 0 Å². The highest BCUT2D eigenvalue weighted by atomic mass is 32.1. The third-order valence-electron chi connectivity index (χ3n) is 4.60. The number of carbonyl (C=O) groups excluding carboxylic acids is 1. The molecule has 0 saturated heterocycles. The molecule has 0 fully saturated rings. The third kappa shape index (κ3) is 5.81. The van der Waals surface area contributed by atoms with Crippen molar-refractivity contribution in [2.45, 2.75) is 19.6 Å². The van der Waals surface area contributed by atoms with Crippen LogP contribution in [0.1, 0.15) is 33.8 Å². The fraction of sp³-hybridized carbons (Fsp3) is 0.304. The number of pyridine rings is 1. The number of nitrogens with zero attached hydrogens (tertiary/aromatic N) is 2. The highest BCUT2D eigenvalue weighted by Crippen LogP contribution is 2.29. The van der Waals surface area contributed by atoms with E-state index in [-0.39, 0.29) is 11.9 Å². The van der Waals surface area contributed by atoms with Gasteiger partial charge in [0.05, 0.1) is 12.6 Å². The number of rotatable bonds is 10. The zero-order valence-corrected chi connectivity index (χ0v) is 18.3. The van der Waals surface area contributed by atoms with E-state index in [4.69, 9.17) is 9.47 Å². The Kier molecular flexibility index (Phi) is 7.82. The van der Waals surface area contributed by atoms with Gasteiger partial charge in [-0.3, -0.25) is 9.78 Å². The minimum Gasteiger partial charge on any atom is -0.490 e. The molecule has 0 saturated carbocycles. The first-order valence-corrected chi connectivity index (χ1v) is 10.7. The smallest absolute Gasteiger partial charge is 0.251 e. The van der Waals surface area contributed by atoms with E-state index in [1.807, 2.05) is 44.6 Å². The predicted octanol–water partition coefficient (Wildman–Crippen LogP) is 4.15. The van der Waals surface area contributed by atoms with Crippen LogP contribution in [0, 0.1) is 0 Å². The monoisotopic (exact) mass is 425 g/mol. The molecule has 0 spiro atoms. The van der Waals surface area contributed by atoms with Crippen molar-refractivity contribution in [1.82, 2.24) is 15.2 Å². The first-order valence-electron chi connectivity index (χ1n) is 9.85. The lowest BCUT2D eigenvalue weighted by Crippen LogP contribution is -2.34. The number of thiophene rings is 1. The van der Waals surface area contributed by atoms with Gasteiger partial charge >= 0.3 is 0 Å². The summed E-state index contributed by atoms with van der Waals surface area (Å²) in [6, 6.07) is 13.3. The zero-order chi connectivity index (χ0) is 21.3. The van der Waals surface area contributed by atoms with Crippen LogP contribution in [-0.4, -0.2) is 43.0 Å². The first-order chi connectivity index (χ1) is 14.6. The quantitative estimate of drug-likeness (QED) is 0.529. The van der Waals surface area contributed by atoms with Gasteiger partial charge in [-0.1, -0.05) is 6.07 Å². The van der Waals surface area contributed by atoms with Gasteiger partial charge in [0.25, 0.3) is 5.91 Å². The molecule has 3 aromatic rings. The number of hydrogen-bond acceptors (Lipinski definition) is 6. The molecule has 7 heteroatoms. The van der Waals surface area contributed by atoms with Gasteiger partial charge in [-0.2, -0.15) is 0 Å². The summed E-state index contributed by atoms with van der Waals surface area (Å²) >= 11 is 1.69. The molecule has 0 aliphatic carbocycles. The van der Waals surface area contributed by atoms with Crippen LogP contribution in [0.2, 0.25) is 0 Å². The second kappa shape index (κ2) is 10.8. The number of likely N-dealkylation sites (N-methyl/N-ethyl adjacent to an activating group) is 1. The van der Waals surface area contributed by atoms with Gasteiger partial charge < -0.3 is 19.7 Å². The molecular weight excluding hydrogens is 398 g/mol. The number of benzene rings is 1. The van der Waals surface area contributed by atoms with Crippen molar-refractivity contribution in [3.63, 3.8) is 0 Å². The molecule has 0 aliphatic rings. The summed E-state index contributed by atoms with van der Waals surface area (Å²) in [6.07, 6.45) is 3.46. The summed E-state index contributed by atoms with van der Waals surface area (Å²) in [5.41, 5.74) is 1.55. The van der Waals surface area contributed by atoms with Crippen molar-refractivity contribution >= 4 is 17.2 Å². The first kappa shape index (κ1) is 21.8. The molecule has 158 valence electrons. The number of amides is 1. The van der Waals surface area contributed by atoms with Crippen LogP contribution >= 0.6 is 11.3 Å². The zero-order valence-electron chi connectivity index (χ0n) is 17.5. The molecule has 3 rings (SSSR count). The number of hydrogen-bond donors (Lipinski definition) is 1. The van der Waals surface area contributed by atoms with Crippen LogP contribution < -0.4 is 14.8 Å². The Morgan fingerprint density at radius 2 is 1.93 bits per heavy atom. The average Bonchev–Trinajstić information content (AvgIpc) is 3.28. The summed E-state index contributed by atoms with van der Waals surface area (Å²) < 4.78 is 11.6. The number of aromatic nitrogens is 1. The lowest BCUT2D eigenvalue weighted by molar-refractivity contribution is 0.0941. The van der Waals surface area contributed by atoms with Gasteiger partial charge in [0.1, 0.15) is 6.61 Å². The molecule has 1 unspecified atom stereocenters. The second-order valence-corrected chi connectivity index (χ2v) is 7.92. The third-order valence-corrected chi connectivity index (χ3v) is 5.57. The van der Waals surface area contributed by atoms with Gasteiger partial charge in [-0.25, -0.2) is 0 Å². The van der Waals surface area contributed by atoms with E-state index in [1.165, 1.54) is 4.88 Å². The molecular formula is C23H27N3O3S. The maximum absolute atomic E-state index is 12.8. The number of nitrogens with one attached hydrogen (secondary N) is 1. The van der Waals surface area contributed by atoms with Gasteiger partial charge in [-0.05, 0) is 68.4 Å². The Balaban J connectivity index is 1.67. The van der Waals surface area contributed by atoms with Gasteiger partial charge in [0.15, 0.2) is 11.5 Å². The summed E-state index contributed by atoms with van der Waals surface area (Å²) in [7, 11) is 4.03. The molecule has 2 aromatic heterocycles. The van der Waals surface area contributed by atoms with Crippen molar-refractivity contribution in [2.75, 3.05) is 27.2 Å².